The standard InChI is InChI=1S/C29H32ClN5O2/c1-17-12-22(35-15-18(2)34(5)19(3)16-35)8-9-23(17)29(36)32-21-7-10-25(30)24(13-21)28-31-14-26(33-28)27-11-6-20(4)37-27/h6-14,18-19H,15-16H2,1-5H3,(H,31,33)(H,32,36)/t18-,19+. The van der Waals surface area contributed by atoms with E-state index in [0.717, 1.165) is 35.8 Å². The molecule has 8 heteroatoms. The molecule has 1 aliphatic rings. The van der Waals surface area contributed by atoms with E-state index < -0.39 is 0 Å². The summed E-state index contributed by atoms with van der Waals surface area (Å²) in [5.41, 5.74) is 4.82. The van der Waals surface area contributed by atoms with Crippen LogP contribution in [-0.4, -0.2) is 53.0 Å². The SMILES string of the molecule is Cc1ccc(-c2cnc(-c3cc(NC(=O)c4ccc(N5C[C@@H](C)N(C)[C@@H](C)C5)cc4C)ccc3Cl)[nH]2)o1. The number of rotatable bonds is 5. The van der Waals surface area contributed by atoms with Crippen LogP contribution in [0.15, 0.2) is 59.1 Å². The summed E-state index contributed by atoms with van der Waals surface area (Å²) in [7, 11) is 2.18. The van der Waals surface area contributed by atoms with Gasteiger partial charge >= 0.3 is 0 Å². The lowest BCUT2D eigenvalue weighted by molar-refractivity contribution is 0.102. The molecular formula is C29H32ClN5O2. The molecule has 1 amide bonds. The summed E-state index contributed by atoms with van der Waals surface area (Å²) in [5.74, 6) is 1.96. The van der Waals surface area contributed by atoms with E-state index in [4.69, 9.17) is 16.0 Å². The number of nitrogens with one attached hydrogen (secondary N) is 2. The van der Waals surface area contributed by atoms with Gasteiger partial charge in [0.05, 0.1) is 11.2 Å². The molecule has 1 saturated heterocycles. The number of piperazine rings is 1. The number of nitrogens with zero attached hydrogens (tertiary/aromatic N) is 3. The van der Waals surface area contributed by atoms with Crippen LogP contribution in [0, 0.1) is 13.8 Å². The number of anilines is 2. The molecule has 0 aliphatic carbocycles. The van der Waals surface area contributed by atoms with Gasteiger partial charge in [-0.3, -0.25) is 9.69 Å². The Morgan fingerprint density at radius 3 is 2.51 bits per heavy atom. The second-order valence-electron chi connectivity index (χ2n) is 9.97. The zero-order chi connectivity index (χ0) is 26.3. The largest absolute Gasteiger partial charge is 0.460 e. The molecule has 7 nitrogen and oxygen atoms in total. The highest BCUT2D eigenvalue weighted by Gasteiger charge is 2.27. The van der Waals surface area contributed by atoms with Gasteiger partial charge in [0, 0.05) is 47.7 Å². The molecule has 2 aromatic heterocycles. The number of imidazole rings is 1. The van der Waals surface area contributed by atoms with E-state index in [1.807, 2.05) is 44.2 Å². The molecule has 0 bridgehead atoms. The number of furan rings is 1. The van der Waals surface area contributed by atoms with Gasteiger partial charge in [-0.15, -0.1) is 0 Å². The first-order valence-electron chi connectivity index (χ1n) is 12.5. The average Bonchev–Trinajstić information content (AvgIpc) is 3.52. The summed E-state index contributed by atoms with van der Waals surface area (Å²) in [5, 5.41) is 3.55. The lowest BCUT2D eigenvalue weighted by atomic mass is 10.0. The highest BCUT2D eigenvalue weighted by Crippen LogP contribution is 2.31. The van der Waals surface area contributed by atoms with E-state index in [0.29, 0.717) is 45.5 Å². The molecule has 0 saturated carbocycles. The minimum atomic E-state index is -0.163. The van der Waals surface area contributed by atoms with E-state index in [2.05, 4.69) is 52.0 Å². The smallest absolute Gasteiger partial charge is 0.255 e. The van der Waals surface area contributed by atoms with Crippen LogP contribution in [0.2, 0.25) is 5.02 Å². The molecule has 192 valence electrons. The topological polar surface area (TPSA) is 77.4 Å². The zero-order valence-electron chi connectivity index (χ0n) is 21.8. The van der Waals surface area contributed by atoms with E-state index in [-0.39, 0.29) is 5.91 Å². The Hall–Kier alpha value is -3.55. The number of hydrogen-bond acceptors (Lipinski definition) is 5. The minimum absolute atomic E-state index is 0.163. The van der Waals surface area contributed by atoms with Gasteiger partial charge < -0.3 is 19.6 Å². The highest BCUT2D eigenvalue weighted by atomic mass is 35.5. The number of aromatic amines is 1. The molecule has 3 heterocycles. The lowest BCUT2D eigenvalue weighted by Crippen LogP contribution is -2.55. The van der Waals surface area contributed by atoms with Gasteiger partial charge in [-0.1, -0.05) is 11.6 Å². The summed E-state index contributed by atoms with van der Waals surface area (Å²) in [6.45, 7) is 10.3. The third-order valence-corrected chi connectivity index (χ3v) is 7.57. The van der Waals surface area contributed by atoms with Crippen molar-refractivity contribution in [3.8, 4) is 22.8 Å². The number of benzene rings is 2. The minimum Gasteiger partial charge on any atom is -0.460 e. The Kier molecular flexibility index (Phi) is 6.84. The van der Waals surface area contributed by atoms with Crippen LogP contribution in [0.4, 0.5) is 11.4 Å². The van der Waals surface area contributed by atoms with E-state index >= 15 is 0 Å². The van der Waals surface area contributed by atoms with Crippen molar-refractivity contribution >= 4 is 28.9 Å². The molecule has 2 N–H and O–H groups in total. The Bertz CT molecular complexity index is 1430. The molecule has 0 unspecified atom stereocenters. The average molecular weight is 518 g/mol. The van der Waals surface area contributed by atoms with Crippen molar-refractivity contribution in [1.82, 2.24) is 14.9 Å². The monoisotopic (exact) mass is 517 g/mol. The summed E-state index contributed by atoms with van der Waals surface area (Å²) in [6.07, 6.45) is 1.71. The van der Waals surface area contributed by atoms with Gasteiger partial charge in [0.15, 0.2) is 5.76 Å². The van der Waals surface area contributed by atoms with Crippen LogP contribution in [0.1, 0.15) is 35.5 Å². The summed E-state index contributed by atoms with van der Waals surface area (Å²) >= 11 is 6.49. The number of carbonyl (C=O) groups is 1. The first-order chi connectivity index (χ1) is 17.7. The Morgan fingerprint density at radius 1 is 1.08 bits per heavy atom. The number of halogens is 1. The second-order valence-corrected chi connectivity index (χ2v) is 10.4. The predicted octanol–water partition coefficient (Wildman–Crippen LogP) is 6.39. The van der Waals surface area contributed by atoms with Crippen LogP contribution in [0.3, 0.4) is 0 Å². The number of H-pyrrole nitrogens is 1. The third-order valence-electron chi connectivity index (χ3n) is 7.24. The maximum absolute atomic E-state index is 13.2. The molecule has 2 aromatic carbocycles. The van der Waals surface area contributed by atoms with Crippen LogP contribution in [-0.2, 0) is 0 Å². The van der Waals surface area contributed by atoms with Gasteiger partial charge in [0.1, 0.15) is 17.3 Å². The van der Waals surface area contributed by atoms with E-state index in [1.165, 1.54) is 0 Å². The molecule has 2 atom stereocenters. The third kappa shape index (κ3) is 5.15. The van der Waals surface area contributed by atoms with E-state index in [9.17, 15) is 4.79 Å². The number of likely N-dealkylation sites (N-methyl/N-ethyl adjacent to an activating group) is 1. The van der Waals surface area contributed by atoms with Gasteiger partial charge in [-0.05, 0) is 88.8 Å². The van der Waals surface area contributed by atoms with E-state index in [1.54, 1.807) is 18.3 Å². The molecule has 1 aliphatic heterocycles. The maximum Gasteiger partial charge on any atom is 0.255 e. The summed E-state index contributed by atoms with van der Waals surface area (Å²) in [6, 6.07) is 16.2. The van der Waals surface area contributed by atoms with Gasteiger partial charge in [0.25, 0.3) is 5.91 Å². The highest BCUT2D eigenvalue weighted by molar-refractivity contribution is 6.33. The molecule has 1 fully saturated rings. The predicted molar refractivity (Wildman–Crippen MR) is 150 cm³/mol. The van der Waals surface area contributed by atoms with Crippen molar-refractivity contribution < 1.29 is 9.21 Å². The molecule has 4 aromatic rings. The van der Waals surface area contributed by atoms with Crippen LogP contribution in [0.5, 0.6) is 0 Å². The van der Waals surface area contributed by atoms with Gasteiger partial charge in [0.2, 0.25) is 0 Å². The quantitative estimate of drug-likeness (QED) is 0.321. The Morgan fingerprint density at radius 2 is 1.84 bits per heavy atom. The van der Waals surface area contributed by atoms with Crippen molar-refractivity contribution in [2.75, 3.05) is 30.4 Å². The van der Waals surface area contributed by atoms with Crippen LogP contribution < -0.4 is 10.2 Å². The number of aromatic nitrogens is 2. The van der Waals surface area contributed by atoms with Gasteiger partial charge in [-0.2, -0.15) is 0 Å². The normalized spacial score (nSPS) is 18.3. The van der Waals surface area contributed by atoms with Crippen molar-refractivity contribution in [3.63, 3.8) is 0 Å². The summed E-state index contributed by atoms with van der Waals surface area (Å²) < 4.78 is 5.68. The maximum atomic E-state index is 13.2. The Balaban J connectivity index is 1.33. The van der Waals surface area contributed by atoms with Crippen molar-refractivity contribution in [3.05, 3.63) is 76.6 Å². The number of carbonyl (C=O) groups excluding carboxylic acids is 1. The summed E-state index contributed by atoms with van der Waals surface area (Å²) in [4.78, 5) is 25.7. The fourth-order valence-corrected chi connectivity index (χ4v) is 5.07. The second kappa shape index (κ2) is 10.1. The molecule has 37 heavy (non-hydrogen) atoms. The molecular weight excluding hydrogens is 486 g/mol. The first-order valence-corrected chi connectivity index (χ1v) is 12.9. The fourth-order valence-electron chi connectivity index (χ4n) is 4.86. The van der Waals surface area contributed by atoms with Gasteiger partial charge in [-0.25, -0.2) is 4.98 Å². The molecule has 0 spiro atoms. The fraction of sp³-hybridized carbons (Fsp3) is 0.310. The van der Waals surface area contributed by atoms with Crippen LogP contribution >= 0.6 is 11.6 Å². The molecule has 5 rings (SSSR count). The van der Waals surface area contributed by atoms with Crippen molar-refractivity contribution in [2.45, 2.75) is 39.8 Å². The zero-order valence-corrected chi connectivity index (χ0v) is 22.6. The van der Waals surface area contributed by atoms with Crippen molar-refractivity contribution in [2.24, 2.45) is 0 Å². The van der Waals surface area contributed by atoms with Crippen LogP contribution in [0.25, 0.3) is 22.8 Å². The Labute approximate surface area is 222 Å². The van der Waals surface area contributed by atoms with Crippen molar-refractivity contribution in [1.29, 1.82) is 0 Å². The first kappa shape index (κ1) is 25.1. The number of hydrogen-bond donors (Lipinski definition) is 2. The lowest BCUT2D eigenvalue weighted by Gasteiger charge is -2.43. The molecule has 0 radical (unpaired) electrons. The number of amides is 1. The number of aryl methyl sites for hydroxylation is 2.